The van der Waals surface area contributed by atoms with E-state index in [1.807, 2.05) is 36.5 Å². The molecule has 2 atom stereocenters. The second kappa shape index (κ2) is 8.76. The highest BCUT2D eigenvalue weighted by Crippen LogP contribution is 2.43. The number of aryl methyl sites for hydroxylation is 3. The number of pyridine rings is 1. The molecule has 1 aliphatic heterocycles. The number of hydrogen-bond donors (Lipinski definition) is 1. The maximum Gasteiger partial charge on any atom is 0.174 e. The van der Waals surface area contributed by atoms with Gasteiger partial charge >= 0.3 is 0 Å². The standard InChI is InChI=1S/C27H24BrN3OS/c1-16-7-8-20(21(28)15-16)23-9-10-24(32-23)26-25(22-6-4-5-11-29-22)30-27(33)31(26)19-13-17(2)12-18(3)14-19/h4-15,25-26H,1-3H3,(H,30,33)/t25-,26+/m0/s1. The summed E-state index contributed by atoms with van der Waals surface area (Å²) >= 11 is 9.52. The van der Waals surface area contributed by atoms with Crippen LogP contribution in [0.15, 0.2) is 81.8 Å². The van der Waals surface area contributed by atoms with Crippen LogP contribution >= 0.6 is 28.1 Å². The Morgan fingerprint density at radius 2 is 1.73 bits per heavy atom. The molecule has 33 heavy (non-hydrogen) atoms. The van der Waals surface area contributed by atoms with Crippen LogP contribution in [0.2, 0.25) is 0 Å². The first kappa shape index (κ1) is 21.9. The number of nitrogens with zero attached hydrogens (tertiary/aromatic N) is 2. The van der Waals surface area contributed by atoms with Gasteiger partial charge in [-0.2, -0.15) is 0 Å². The van der Waals surface area contributed by atoms with E-state index >= 15 is 0 Å². The largest absolute Gasteiger partial charge is 0.459 e. The molecule has 1 N–H and O–H groups in total. The molecular weight excluding hydrogens is 494 g/mol. The van der Waals surface area contributed by atoms with Crippen molar-refractivity contribution in [3.8, 4) is 11.3 Å². The van der Waals surface area contributed by atoms with Crippen LogP contribution in [0, 0.1) is 20.8 Å². The molecule has 2 aromatic carbocycles. The lowest BCUT2D eigenvalue weighted by atomic mass is 10.0. The van der Waals surface area contributed by atoms with E-state index in [4.69, 9.17) is 16.6 Å². The lowest BCUT2D eigenvalue weighted by Gasteiger charge is -2.26. The Kier molecular flexibility index (Phi) is 5.81. The second-order valence-corrected chi connectivity index (χ2v) is 9.77. The first-order valence-corrected chi connectivity index (χ1v) is 12.1. The molecule has 2 aromatic heterocycles. The number of nitrogens with one attached hydrogen (secondary N) is 1. The molecular formula is C27H24BrN3OS. The first-order chi connectivity index (χ1) is 15.9. The number of anilines is 1. The molecule has 4 aromatic rings. The van der Waals surface area contributed by atoms with Gasteiger partial charge in [0.2, 0.25) is 0 Å². The van der Waals surface area contributed by atoms with Gasteiger partial charge in [0.05, 0.1) is 11.7 Å². The van der Waals surface area contributed by atoms with Crippen molar-refractivity contribution >= 4 is 38.9 Å². The minimum absolute atomic E-state index is 0.139. The highest BCUT2D eigenvalue weighted by molar-refractivity contribution is 9.10. The summed E-state index contributed by atoms with van der Waals surface area (Å²) < 4.78 is 7.50. The average Bonchev–Trinajstić information content (AvgIpc) is 3.38. The SMILES string of the molecule is Cc1cc(C)cc(N2C(=S)N[C@@H](c3ccccn3)[C@H]2c2ccc(-c3ccc(C)cc3Br)o2)c1. The smallest absolute Gasteiger partial charge is 0.174 e. The Morgan fingerprint density at radius 3 is 2.42 bits per heavy atom. The van der Waals surface area contributed by atoms with Gasteiger partial charge < -0.3 is 14.6 Å². The average molecular weight is 518 g/mol. The summed E-state index contributed by atoms with van der Waals surface area (Å²) in [5.74, 6) is 1.65. The molecule has 166 valence electrons. The van der Waals surface area contributed by atoms with Crippen LogP contribution in [0.5, 0.6) is 0 Å². The van der Waals surface area contributed by atoms with E-state index in [2.05, 4.69) is 88.3 Å². The topological polar surface area (TPSA) is 41.3 Å². The summed E-state index contributed by atoms with van der Waals surface area (Å²) in [5.41, 5.74) is 6.56. The van der Waals surface area contributed by atoms with Crippen LogP contribution in [0.3, 0.4) is 0 Å². The summed E-state index contributed by atoms with van der Waals surface area (Å²) in [6.07, 6.45) is 1.81. The van der Waals surface area contributed by atoms with Crippen LogP contribution in [0.25, 0.3) is 11.3 Å². The fourth-order valence-corrected chi connectivity index (χ4v) is 5.52. The molecule has 0 saturated carbocycles. The second-order valence-electron chi connectivity index (χ2n) is 8.53. The van der Waals surface area contributed by atoms with Gasteiger partial charge in [-0.25, -0.2) is 0 Å². The van der Waals surface area contributed by atoms with E-state index in [1.54, 1.807) is 0 Å². The first-order valence-electron chi connectivity index (χ1n) is 10.9. The van der Waals surface area contributed by atoms with Crippen LogP contribution < -0.4 is 10.2 Å². The quantitative estimate of drug-likeness (QED) is 0.289. The van der Waals surface area contributed by atoms with Crippen molar-refractivity contribution in [1.29, 1.82) is 0 Å². The molecule has 1 saturated heterocycles. The summed E-state index contributed by atoms with van der Waals surface area (Å²) in [4.78, 5) is 6.78. The van der Waals surface area contributed by atoms with Crippen molar-refractivity contribution in [3.63, 3.8) is 0 Å². The molecule has 0 spiro atoms. The van der Waals surface area contributed by atoms with Gasteiger partial charge in [0.15, 0.2) is 5.11 Å². The number of thiocarbonyl (C=S) groups is 1. The van der Waals surface area contributed by atoms with Gasteiger partial charge in [-0.05, 0) is 98.2 Å². The Hall–Kier alpha value is -2.96. The monoisotopic (exact) mass is 517 g/mol. The molecule has 0 unspecified atom stereocenters. The number of benzene rings is 2. The molecule has 1 aliphatic rings. The van der Waals surface area contributed by atoms with Crippen molar-refractivity contribution in [2.45, 2.75) is 32.9 Å². The number of furan rings is 1. The van der Waals surface area contributed by atoms with E-state index < -0.39 is 0 Å². The van der Waals surface area contributed by atoms with E-state index in [9.17, 15) is 0 Å². The molecule has 0 amide bonds. The summed E-state index contributed by atoms with van der Waals surface area (Å²) in [7, 11) is 0. The molecule has 0 aliphatic carbocycles. The van der Waals surface area contributed by atoms with E-state index in [0.29, 0.717) is 5.11 Å². The zero-order valence-corrected chi connectivity index (χ0v) is 21.1. The van der Waals surface area contributed by atoms with Crippen LogP contribution in [-0.4, -0.2) is 10.1 Å². The predicted molar refractivity (Wildman–Crippen MR) is 140 cm³/mol. The van der Waals surface area contributed by atoms with Gasteiger partial charge in [0, 0.05) is 21.9 Å². The summed E-state index contributed by atoms with van der Waals surface area (Å²) in [6, 6.07) is 22.5. The van der Waals surface area contributed by atoms with Crippen molar-refractivity contribution in [1.82, 2.24) is 10.3 Å². The van der Waals surface area contributed by atoms with Crippen LogP contribution in [0.1, 0.15) is 40.2 Å². The lowest BCUT2D eigenvalue weighted by Crippen LogP contribution is -2.29. The van der Waals surface area contributed by atoms with Crippen molar-refractivity contribution in [2.24, 2.45) is 0 Å². The zero-order chi connectivity index (χ0) is 23.1. The lowest BCUT2D eigenvalue weighted by molar-refractivity contribution is 0.439. The fraction of sp³-hybridized carbons (Fsp3) is 0.185. The maximum absolute atomic E-state index is 6.49. The number of hydrogen-bond acceptors (Lipinski definition) is 3. The maximum atomic E-state index is 6.49. The van der Waals surface area contributed by atoms with E-state index in [0.717, 1.165) is 32.9 Å². The third kappa shape index (κ3) is 4.21. The van der Waals surface area contributed by atoms with Crippen molar-refractivity contribution in [3.05, 3.63) is 106 Å². The van der Waals surface area contributed by atoms with Crippen LogP contribution in [0.4, 0.5) is 5.69 Å². The molecule has 0 bridgehead atoms. The number of rotatable bonds is 4. The van der Waals surface area contributed by atoms with Crippen molar-refractivity contribution in [2.75, 3.05) is 4.90 Å². The molecule has 0 radical (unpaired) electrons. The number of halogens is 1. The van der Waals surface area contributed by atoms with Gasteiger partial charge in [-0.15, -0.1) is 0 Å². The number of aromatic nitrogens is 1. The molecule has 6 heteroatoms. The molecule has 1 fully saturated rings. The fourth-order valence-electron chi connectivity index (χ4n) is 4.49. The Morgan fingerprint density at radius 1 is 0.939 bits per heavy atom. The minimum Gasteiger partial charge on any atom is -0.459 e. The zero-order valence-electron chi connectivity index (χ0n) is 18.7. The Bertz CT molecular complexity index is 1310. The highest BCUT2D eigenvalue weighted by Gasteiger charge is 2.42. The Balaban J connectivity index is 1.62. The molecule has 5 rings (SSSR count). The van der Waals surface area contributed by atoms with Crippen LogP contribution in [-0.2, 0) is 0 Å². The Labute approximate surface area is 207 Å². The summed E-state index contributed by atoms with van der Waals surface area (Å²) in [6.45, 7) is 6.29. The van der Waals surface area contributed by atoms with Gasteiger partial charge in [-0.1, -0.05) is 34.1 Å². The van der Waals surface area contributed by atoms with Gasteiger partial charge in [0.1, 0.15) is 17.6 Å². The normalized spacial score (nSPS) is 17.9. The van der Waals surface area contributed by atoms with E-state index in [-0.39, 0.29) is 12.1 Å². The third-order valence-electron chi connectivity index (χ3n) is 5.89. The molecule has 4 nitrogen and oxygen atoms in total. The molecule has 3 heterocycles. The third-order valence-corrected chi connectivity index (χ3v) is 6.86. The summed E-state index contributed by atoms with van der Waals surface area (Å²) in [5, 5.41) is 4.16. The van der Waals surface area contributed by atoms with E-state index in [1.165, 1.54) is 16.7 Å². The van der Waals surface area contributed by atoms with Gasteiger partial charge in [-0.3, -0.25) is 4.98 Å². The van der Waals surface area contributed by atoms with Gasteiger partial charge in [0.25, 0.3) is 0 Å². The predicted octanol–water partition coefficient (Wildman–Crippen LogP) is 7.21. The highest BCUT2D eigenvalue weighted by atomic mass is 79.9. The van der Waals surface area contributed by atoms with Crippen molar-refractivity contribution < 1.29 is 4.42 Å². The minimum atomic E-state index is -0.174.